The molecule has 11 heteroatoms. The summed E-state index contributed by atoms with van der Waals surface area (Å²) in [6.45, 7) is 0.667. The molecule has 10 nitrogen and oxygen atoms in total. The zero-order chi connectivity index (χ0) is 28.2. The summed E-state index contributed by atoms with van der Waals surface area (Å²) in [6, 6.07) is 17.9. The minimum atomic E-state index is -0.497. The number of aromatic amines is 1. The predicted octanol–water partition coefficient (Wildman–Crippen LogP) is 4.46. The third-order valence-corrected chi connectivity index (χ3v) is 6.82. The standard InChI is InChI=1S/C29H27N3O7S/c1-35-24-12-18-11-19(27(33)30-22(18)13-25(24)36-2)15-32(14-17-8-9-23-26(10-17)39-16-38-23)29(40)31-21-7-5-4-6-20(21)28(34)37-3/h4-13H,14-16H2,1-3H3,(H,30,33)(H,31,40). The number of para-hydroxylation sites is 1. The Bertz CT molecular complexity index is 1650. The SMILES string of the molecule is COC(=O)c1ccccc1NC(=S)N(Cc1ccc2c(c1)OCO2)Cc1cc2cc(OC)c(OC)cc2[nH]c1=O. The number of methoxy groups -OCH3 is 3. The van der Waals surface area contributed by atoms with Crippen LogP contribution in [0.15, 0.2) is 65.5 Å². The minimum absolute atomic E-state index is 0.160. The first-order valence-corrected chi connectivity index (χ1v) is 12.7. The smallest absolute Gasteiger partial charge is 0.339 e. The number of thiocarbonyl (C=S) groups is 1. The fraction of sp³-hybridized carbons (Fsp3) is 0.207. The van der Waals surface area contributed by atoms with Crippen LogP contribution < -0.4 is 29.8 Å². The molecule has 3 aromatic carbocycles. The number of H-pyrrole nitrogens is 1. The molecule has 0 atom stereocenters. The van der Waals surface area contributed by atoms with Crippen LogP contribution in [0.25, 0.3) is 10.9 Å². The molecular formula is C29H27N3O7S. The van der Waals surface area contributed by atoms with Gasteiger partial charge in [-0.05, 0) is 54.2 Å². The first kappa shape index (κ1) is 26.8. The number of hydrogen-bond donors (Lipinski definition) is 2. The number of ether oxygens (including phenoxy) is 5. The minimum Gasteiger partial charge on any atom is -0.493 e. The zero-order valence-corrected chi connectivity index (χ0v) is 22.9. The number of rotatable bonds is 8. The molecule has 1 aliphatic rings. The molecule has 0 aliphatic carbocycles. The molecule has 0 saturated heterocycles. The fourth-order valence-corrected chi connectivity index (χ4v) is 4.67. The van der Waals surface area contributed by atoms with Crippen LogP contribution in [0.5, 0.6) is 23.0 Å². The molecule has 2 heterocycles. The van der Waals surface area contributed by atoms with Gasteiger partial charge in [0.1, 0.15) is 0 Å². The summed E-state index contributed by atoms with van der Waals surface area (Å²) in [6.07, 6.45) is 0. The lowest BCUT2D eigenvalue weighted by Gasteiger charge is -2.26. The number of hydrogen-bond acceptors (Lipinski definition) is 8. The van der Waals surface area contributed by atoms with Gasteiger partial charge in [0, 0.05) is 23.6 Å². The molecule has 0 fully saturated rings. The van der Waals surface area contributed by atoms with E-state index in [0.717, 1.165) is 10.9 Å². The number of carbonyl (C=O) groups is 1. The van der Waals surface area contributed by atoms with Crippen LogP contribution in [-0.4, -0.2) is 49.1 Å². The van der Waals surface area contributed by atoms with Gasteiger partial charge in [-0.2, -0.15) is 0 Å². The normalized spacial score (nSPS) is 11.7. The summed E-state index contributed by atoms with van der Waals surface area (Å²) in [5, 5.41) is 4.24. The van der Waals surface area contributed by atoms with Gasteiger partial charge in [0.15, 0.2) is 28.1 Å². The number of benzene rings is 3. The second kappa shape index (κ2) is 11.5. The van der Waals surface area contributed by atoms with Crippen LogP contribution in [0.1, 0.15) is 21.5 Å². The van der Waals surface area contributed by atoms with Crippen LogP contribution in [0.4, 0.5) is 5.69 Å². The highest BCUT2D eigenvalue weighted by Gasteiger charge is 2.20. The van der Waals surface area contributed by atoms with E-state index >= 15 is 0 Å². The molecule has 4 aromatic rings. The molecule has 0 spiro atoms. The lowest BCUT2D eigenvalue weighted by atomic mass is 10.1. The van der Waals surface area contributed by atoms with Crippen LogP contribution >= 0.6 is 12.2 Å². The summed E-state index contributed by atoms with van der Waals surface area (Å²) < 4.78 is 26.7. The molecule has 0 bridgehead atoms. The van der Waals surface area contributed by atoms with Gasteiger partial charge in [-0.1, -0.05) is 18.2 Å². The third kappa shape index (κ3) is 5.50. The van der Waals surface area contributed by atoms with Gasteiger partial charge < -0.3 is 38.9 Å². The van der Waals surface area contributed by atoms with E-state index in [4.69, 9.17) is 35.9 Å². The van der Waals surface area contributed by atoms with E-state index in [1.165, 1.54) is 14.2 Å². The van der Waals surface area contributed by atoms with Crippen molar-refractivity contribution in [2.24, 2.45) is 0 Å². The largest absolute Gasteiger partial charge is 0.493 e. The lowest BCUT2D eigenvalue weighted by Crippen LogP contribution is -2.36. The Morgan fingerprint density at radius 1 is 0.975 bits per heavy atom. The average Bonchev–Trinajstić information content (AvgIpc) is 3.44. The Hall–Kier alpha value is -4.77. The van der Waals surface area contributed by atoms with E-state index in [-0.39, 0.29) is 18.9 Å². The fourth-order valence-electron chi connectivity index (χ4n) is 4.43. The van der Waals surface area contributed by atoms with Crippen LogP contribution in [-0.2, 0) is 17.8 Å². The quantitative estimate of drug-likeness (QED) is 0.236. The zero-order valence-electron chi connectivity index (χ0n) is 22.1. The van der Waals surface area contributed by atoms with Crippen LogP contribution in [0.2, 0.25) is 0 Å². The predicted molar refractivity (Wildman–Crippen MR) is 153 cm³/mol. The molecule has 1 aliphatic heterocycles. The van der Waals surface area contributed by atoms with E-state index in [9.17, 15) is 9.59 Å². The number of aromatic nitrogens is 1. The molecule has 2 N–H and O–H groups in total. The average molecular weight is 562 g/mol. The number of nitrogens with zero attached hydrogens (tertiary/aromatic N) is 1. The summed E-state index contributed by atoms with van der Waals surface area (Å²) in [5.74, 6) is 1.86. The van der Waals surface area contributed by atoms with Crippen molar-refractivity contribution in [3.8, 4) is 23.0 Å². The Morgan fingerprint density at radius 3 is 2.50 bits per heavy atom. The molecule has 206 valence electrons. The Labute approximate surface area is 235 Å². The maximum Gasteiger partial charge on any atom is 0.339 e. The Balaban J connectivity index is 1.50. The van der Waals surface area contributed by atoms with Crippen LogP contribution in [0, 0.1) is 0 Å². The summed E-state index contributed by atoms with van der Waals surface area (Å²) in [7, 11) is 4.41. The number of pyridine rings is 1. The van der Waals surface area contributed by atoms with Gasteiger partial charge >= 0.3 is 5.97 Å². The second-order valence-electron chi connectivity index (χ2n) is 8.93. The molecule has 0 unspecified atom stereocenters. The highest BCUT2D eigenvalue weighted by Crippen LogP contribution is 2.34. The molecule has 1 aromatic heterocycles. The summed E-state index contributed by atoms with van der Waals surface area (Å²) in [5.41, 5.74) is 2.53. The molecule has 5 rings (SSSR count). The lowest BCUT2D eigenvalue weighted by molar-refractivity contribution is 0.0602. The van der Waals surface area contributed by atoms with Crippen molar-refractivity contribution in [2.45, 2.75) is 13.1 Å². The van der Waals surface area contributed by atoms with E-state index in [2.05, 4.69) is 10.3 Å². The maximum atomic E-state index is 13.2. The van der Waals surface area contributed by atoms with Crippen molar-refractivity contribution in [3.05, 3.63) is 87.7 Å². The first-order valence-electron chi connectivity index (χ1n) is 12.3. The number of nitrogens with one attached hydrogen (secondary N) is 2. The highest BCUT2D eigenvalue weighted by atomic mass is 32.1. The van der Waals surface area contributed by atoms with Crippen molar-refractivity contribution in [2.75, 3.05) is 33.4 Å². The second-order valence-corrected chi connectivity index (χ2v) is 9.32. The van der Waals surface area contributed by atoms with Crippen molar-refractivity contribution in [1.29, 1.82) is 0 Å². The molecule has 0 radical (unpaired) electrons. The van der Waals surface area contributed by atoms with Gasteiger partial charge in [0.25, 0.3) is 5.56 Å². The molecule has 40 heavy (non-hydrogen) atoms. The van der Waals surface area contributed by atoms with E-state index in [1.807, 2.05) is 23.1 Å². The Kier molecular flexibility index (Phi) is 7.74. The van der Waals surface area contributed by atoms with E-state index < -0.39 is 5.97 Å². The number of fused-ring (bicyclic) bond motifs is 2. The van der Waals surface area contributed by atoms with Gasteiger partial charge in [-0.3, -0.25) is 4.79 Å². The van der Waals surface area contributed by atoms with Gasteiger partial charge in [0.05, 0.1) is 44.6 Å². The maximum absolute atomic E-state index is 13.2. The summed E-state index contributed by atoms with van der Waals surface area (Å²) in [4.78, 5) is 30.3. The van der Waals surface area contributed by atoms with Crippen molar-refractivity contribution < 1.29 is 28.5 Å². The number of carbonyl (C=O) groups excluding carboxylic acids is 1. The topological polar surface area (TPSA) is 111 Å². The molecule has 0 amide bonds. The highest BCUT2D eigenvalue weighted by molar-refractivity contribution is 7.80. The number of esters is 1. The first-order chi connectivity index (χ1) is 19.4. The summed E-state index contributed by atoms with van der Waals surface area (Å²) >= 11 is 5.81. The van der Waals surface area contributed by atoms with E-state index in [1.54, 1.807) is 49.6 Å². The van der Waals surface area contributed by atoms with Crippen molar-refractivity contribution >= 4 is 39.9 Å². The van der Waals surface area contributed by atoms with Gasteiger partial charge in [0.2, 0.25) is 6.79 Å². The van der Waals surface area contributed by atoms with Gasteiger partial charge in [-0.15, -0.1) is 0 Å². The van der Waals surface area contributed by atoms with Crippen LogP contribution in [0.3, 0.4) is 0 Å². The van der Waals surface area contributed by atoms with Crippen molar-refractivity contribution in [3.63, 3.8) is 0 Å². The Morgan fingerprint density at radius 2 is 1.73 bits per heavy atom. The molecule has 0 saturated carbocycles. The van der Waals surface area contributed by atoms with Gasteiger partial charge in [-0.25, -0.2) is 4.79 Å². The number of anilines is 1. The monoisotopic (exact) mass is 561 g/mol. The molecular weight excluding hydrogens is 534 g/mol. The van der Waals surface area contributed by atoms with Crippen molar-refractivity contribution in [1.82, 2.24) is 9.88 Å². The van der Waals surface area contributed by atoms with E-state index in [0.29, 0.717) is 57.0 Å². The third-order valence-electron chi connectivity index (χ3n) is 6.46.